The summed E-state index contributed by atoms with van der Waals surface area (Å²) >= 11 is 1.90. The molecule has 3 heterocycles. The minimum atomic E-state index is 0.285. The molecule has 2 atom stereocenters. The van der Waals surface area contributed by atoms with E-state index in [1.165, 1.54) is 30.4 Å². The third kappa shape index (κ3) is 3.48. The maximum absolute atomic E-state index is 5.60. The first-order valence-electron chi connectivity index (χ1n) is 8.91. The Balaban J connectivity index is 1.36. The first-order chi connectivity index (χ1) is 11.8. The lowest BCUT2D eigenvalue weighted by Crippen LogP contribution is -2.41. The third-order valence-corrected chi connectivity index (χ3v) is 5.98. The quantitative estimate of drug-likeness (QED) is 0.921. The van der Waals surface area contributed by atoms with Gasteiger partial charge in [-0.1, -0.05) is 6.07 Å². The van der Waals surface area contributed by atoms with Gasteiger partial charge in [-0.2, -0.15) is 0 Å². The minimum absolute atomic E-state index is 0.285. The van der Waals surface area contributed by atoms with Gasteiger partial charge < -0.3 is 15.0 Å². The number of aryl methyl sites for hydroxylation is 1. The van der Waals surface area contributed by atoms with E-state index >= 15 is 0 Å². The second kappa shape index (κ2) is 7.21. The highest BCUT2D eigenvalue weighted by Gasteiger charge is 2.21. The Morgan fingerprint density at radius 2 is 2.33 bits per heavy atom. The third-order valence-electron chi connectivity index (χ3n) is 4.98. The van der Waals surface area contributed by atoms with Crippen LogP contribution in [0.15, 0.2) is 29.8 Å². The van der Waals surface area contributed by atoms with E-state index in [-0.39, 0.29) is 6.10 Å². The Hall–Kier alpha value is -1.43. The zero-order chi connectivity index (χ0) is 16.4. The van der Waals surface area contributed by atoms with Gasteiger partial charge in [0.25, 0.3) is 0 Å². The fraction of sp³-hybridized carbons (Fsp3) is 0.526. The zero-order valence-electron chi connectivity index (χ0n) is 14.2. The van der Waals surface area contributed by atoms with Crippen molar-refractivity contribution in [2.45, 2.75) is 44.9 Å². The highest BCUT2D eigenvalue weighted by Crippen LogP contribution is 2.33. The molecule has 1 saturated heterocycles. The summed E-state index contributed by atoms with van der Waals surface area (Å²) in [4.78, 5) is 8.54. The van der Waals surface area contributed by atoms with Crippen LogP contribution in [-0.2, 0) is 17.7 Å². The molecule has 0 bridgehead atoms. The summed E-state index contributed by atoms with van der Waals surface area (Å²) < 4.78 is 5.60. The molecule has 1 aliphatic heterocycles. The molecular weight excluding hydrogens is 318 g/mol. The van der Waals surface area contributed by atoms with E-state index in [2.05, 4.69) is 45.7 Å². The van der Waals surface area contributed by atoms with Crippen LogP contribution in [0, 0.1) is 0 Å². The van der Waals surface area contributed by atoms with Crippen molar-refractivity contribution < 1.29 is 4.74 Å². The van der Waals surface area contributed by atoms with Crippen molar-refractivity contribution in [3.05, 3.63) is 45.8 Å². The Labute approximate surface area is 147 Å². The molecule has 1 N–H and O–H groups in total. The summed E-state index contributed by atoms with van der Waals surface area (Å²) in [7, 11) is 0. The van der Waals surface area contributed by atoms with Crippen LogP contribution in [0.4, 0.5) is 5.82 Å². The number of anilines is 1. The van der Waals surface area contributed by atoms with Crippen molar-refractivity contribution in [2.75, 3.05) is 24.6 Å². The number of pyridine rings is 1. The van der Waals surface area contributed by atoms with E-state index in [1.807, 2.05) is 17.5 Å². The highest BCUT2D eigenvalue weighted by atomic mass is 32.1. The van der Waals surface area contributed by atoms with Gasteiger partial charge in [0.2, 0.25) is 0 Å². The molecule has 128 valence electrons. The van der Waals surface area contributed by atoms with Crippen LogP contribution in [0.3, 0.4) is 0 Å². The lowest BCUT2D eigenvalue weighted by Gasteiger charge is -2.32. The SMILES string of the molecule is C[C@H]1CN(c2ccc(CN[C@@H]3CCCc4sccc43)cn2)CCO1. The number of nitrogens with one attached hydrogen (secondary N) is 1. The van der Waals surface area contributed by atoms with Gasteiger partial charge in [-0.3, -0.25) is 0 Å². The van der Waals surface area contributed by atoms with E-state index in [0.717, 1.165) is 32.1 Å². The Morgan fingerprint density at radius 3 is 3.17 bits per heavy atom. The number of hydrogen-bond donors (Lipinski definition) is 1. The van der Waals surface area contributed by atoms with Gasteiger partial charge >= 0.3 is 0 Å². The molecule has 2 aliphatic rings. The average molecular weight is 343 g/mol. The molecule has 2 aromatic rings. The van der Waals surface area contributed by atoms with Gasteiger partial charge in [-0.05, 0) is 54.8 Å². The van der Waals surface area contributed by atoms with Crippen LogP contribution in [0.1, 0.15) is 41.8 Å². The molecule has 24 heavy (non-hydrogen) atoms. The maximum atomic E-state index is 5.60. The van der Waals surface area contributed by atoms with E-state index in [9.17, 15) is 0 Å². The molecule has 5 heteroatoms. The second-order valence-electron chi connectivity index (χ2n) is 6.78. The van der Waals surface area contributed by atoms with Crippen LogP contribution >= 0.6 is 11.3 Å². The topological polar surface area (TPSA) is 37.4 Å². The van der Waals surface area contributed by atoms with Crippen LogP contribution in [0.2, 0.25) is 0 Å². The molecule has 0 radical (unpaired) electrons. The summed E-state index contributed by atoms with van der Waals surface area (Å²) in [6.07, 6.45) is 6.07. The fourth-order valence-corrected chi connectivity index (χ4v) is 4.66. The molecule has 0 amide bonds. The summed E-state index contributed by atoms with van der Waals surface area (Å²) in [6.45, 7) is 5.64. The van der Waals surface area contributed by atoms with E-state index in [4.69, 9.17) is 4.74 Å². The number of rotatable bonds is 4. The first kappa shape index (κ1) is 16.1. The van der Waals surface area contributed by atoms with Gasteiger partial charge in [0.05, 0.1) is 12.7 Å². The average Bonchev–Trinajstić information content (AvgIpc) is 3.10. The number of morpholine rings is 1. The number of thiophene rings is 1. The standard InChI is InChI=1S/C19H25N3OS/c1-14-13-22(8-9-23-14)19-6-5-15(12-21-19)11-20-17-3-2-4-18-16(17)7-10-24-18/h5-7,10,12,14,17,20H,2-4,8-9,11,13H2,1H3/t14-,17+/m0/s1. The smallest absolute Gasteiger partial charge is 0.128 e. The number of aromatic nitrogens is 1. The van der Waals surface area contributed by atoms with Crippen LogP contribution in [-0.4, -0.2) is 30.8 Å². The zero-order valence-corrected chi connectivity index (χ0v) is 15.0. The molecule has 0 unspecified atom stereocenters. The molecule has 1 aliphatic carbocycles. The monoisotopic (exact) mass is 343 g/mol. The summed E-state index contributed by atoms with van der Waals surface area (Å²) in [5.41, 5.74) is 2.76. The largest absolute Gasteiger partial charge is 0.375 e. The van der Waals surface area contributed by atoms with Crippen molar-refractivity contribution >= 4 is 17.2 Å². The van der Waals surface area contributed by atoms with E-state index in [0.29, 0.717) is 6.04 Å². The molecular formula is C19H25N3OS. The van der Waals surface area contributed by atoms with Crippen LogP contribution in [0.5, 0.6) is 0 Å². The van der Waals surface area contributed by atoms with Crippen molar-refractivity contribution in [3.8, 4) is 0 Å². The molecule has 2 aromatic heterocycles. The lowest BCUT2D eigenvalue weighted by molar-refractivity contribution is 0.0529. The van der Waals surface area contributed by atoms with Gasteiger partial charge in [0.1, 0.15) is 5.82 Å². The number of hydrogen-bond acceptors (Lipinski definition) is 5. The minimum Gasteiger partial charge on any atom is -0.375 e. The molecule has 1 fully saturated rings. The molecule has 4 nitrogen and oxygen atoms in total. The van der Waals surface area contributed by atoms with Crippen molar-refractivity contribution in [2.24, 2.45) is 0 Å². The fourth-order valence-electron chi connectivity index (χ4n) is 3.67. The number of fused-ring (bicyclic) bond motifs is 1. The maximum Gasteiger partial charge on any atom is 0.128 e. The van der Waals surface area contributed by atoms with Crippen LogP contribution < -0.4 is 10.2 Å². The number of ether oxygens (including phenoxy) is 1. The molecule has 0 aromatic carbocycles. The normalized spacial score (nSPS) is 24.0. The van der Waals surface area contributed by atoms with Gasteiger partial charge in [0.15, 0.2) is 0 Å². The Bertz CT molecular complexity index is 670. The van der Waals surface area contributed by atoms with Gasteiger partial charge in [0, 0.05) is 36.8 Å². The summed E-state index contributed by atoms with van der Waals surface area (Å²) in [5, 5.41) is 5.95. The Morgan fingerprint density at radius 1 is 1.38 bits per heavy atom. The number of nitrogens with zero attached hydrogens (tertiary/aromatic N) is 2. The van der Waals surface area contributed by atoms with Crippen molar-refractivity contribution in [1.82, 2.24) is 10.3 Å². The summed E-state index contributed by atoms with van der Waals surface area (Å²) in [5.74, 6) is 1.06. The van der Waals surface area contributed by atoms with Crippen molar-refractivity contribution in [3.63, 3.8) is 0 Å². The molecule has 0 saturated carbocycles. The van der Waals surface area contributed by atoms with Gasteiger partial charge in [-0.25, -0.2) is 4.98 Å². The lowest BCUT2D eigenvalue weighted by atomic mass is 9.94. The highest BCUT2D eigenvalue weighted by molar-refractivity contribution is 7.10. The van der Waals surface area contributed by atoms with Crippen LogP contribution in [0.25, 0.3) is 0 Å². The first-order valence-corrected chi connectivity index (χ1v) is 9.78. The predicted molar refractivity (Wildman–Crippen MR) is 98.7 cm³/mol. The molecule has 0 spiro atoms. The second-order valence-corrected chi connectivity index (χ2v) is 7.78. The van der Waals surface area contributed by atoms with Gasteiger partial charge in [-0.15, -0.1) is 11.3 Å². The van der Waals surface area contributed by atoms with E-state index < -0.39 is 0 Å². The Kier molecular flexibility index (Phi) is 4.83. The van der Waals surface area contributed by atoms with E-state index in [1.54, 1.807) is 4.88 Å². The van der Waals surface area contributed by atoms with Crippen molar-refractivity contribution in [1.29, 1.82) is 0 Å². The molecule has 4 rings (SSSR count). The summed E-state index contributed by atoms with van der Waals surface area (Å²) in [6, 6.07) is 7.14. The predicted octanol–water partition coefficient (Wildman–Crippen LogP) is 3.54.